The van der Waals surface area contributed by atoms with Crippen molar-refractivity contribution in [2.45, 2.75) is 57.6 Å². The summed E-state index contributed by atoms with van der Waals surface area (Å²) in [5.74, 6) is 0.718. The van der Waals surface area contributed by atoms with E-state index in [0.29, 0.717) is 12.1 Å². The van der Waals surface area contributed by atoms with Gasteiger partial charge in [-0.25, -0.2) is 0 Å². The van der Waals surface area contributed by atoms with Crippen molar-refractivity contribution in [2.75, 3.05) is 13.7 Å². The van der Waals surface area contributed by atoms with Crippen LogP contribution in [0, 0.1) is 5.92 Å². The van der Waals surface area contributed by atoms with Crippen molar-refractivity contribution < 1.29 is 4.74 Å². The Balaban J connectivity index is 2.09. The van der Waals surface area contributed by atoms with Gasteiger partial charge in [0.2, 0.25) is 0 Å². The van der Waals surface area contributed by atoms with E-state index in [1.165, 1.54) is 43.4 Å². The number of thiophene rings is 1. The number of ether oxygens (including phenoxy) is 1. The molecule has 0 aliphatic heterocycles. The summed E-state index contributed by atoms with van der Waals surface area (Å²) in [6.45, 7) is 3.29. The summed E-state index contributed by atoms with van der Waals surface area (Å²) in [5.41, 5.74) is 0. The predicted octanol–water partition coefficient (Wildman–Crippen LogP) is 4.38. The highest BCUT2D eigenvalue weighted by atomic mass is 32.1. The van der Waals surface area contributed by atoms with Gasteiger partial charge in [-0.1, -0.05) is 32.3 Å². The second-order valence-electron chi connectivity index (χ2n) is 5.55. The van der Waals surface area contributed by atoms with E-state index in [1.807, 2.05) is 18.4 Å². The van der Waals surface area contributed by atoms with Crippen molar-refractivity contribution >= 4 is 11.3 Å². The molecule has 1 aliphatic carbocycles. The van der Waals surface area contributed by atoms with E-state index in [0.717, 1.165) is 12.5 Å². The molecule has 0 aromatic carbocycles. The average Bonchev–Trinajstić information content (AvgIpc) is 2.98. The van der Waals surface area contributed by atoms with Crippen LogP contribution >= 0.6 is 11.3 Å². The molecule has 0 radical (unpaired) electrons. The number of rotatable bonds is 7. The summed E-state index contributed by atoms with van der Waals surface area (Å²) in [7, 11) is 1.88. The normalized spacial score (nSPS) is 20.3. The Morgan fingerprint density at radius 2 is 2.16 bits per heavy atom. The van der Waals surface area contributed by atoms with Crippen molar-refractivity contribution in [2.24, 2.45) is 5.92 Å². The highest BCUT2D eigenvalue weighted by molar-refractivity contribution is 7.10. The molecule has 1 N–H and O–H groups in total. The quantitative estimate of drug-likeness (QED) is 0.800. The zero-order valence-electron chi connectivity index (χ0n) is 12.2. The molecular weight excluding hydrogens is 254 g/mol. The van der Waals surface area contributed by atoms with Gasteiger partial charge in [0.1, 0.15) is 0 Å². The fourth-order valence-electron chi connectivity index (χ4n) is 3.21. The maximum Gasteiger partial charge on any atom is 0.0802 e. The molecule has 0 amide bonds. The van der Waals surface area contributed by atoms with Crippen LogP contribution in [0.3, 0.4) is 0 Å². The molecule has 3 heteroatoms. The summed E-state index contributed by atoms with van der Waals surface area (Å²) in [5, 5.41) is 5.88. The minimum atomic E-state index is 0.325. The zero-order chi connectivity index (χ0) is 13.5. The van der Waals surface area contributed by atoms with Crippen LogP contribution in [-0.4, -0.2) is 19.8 Å². The van der Waals surface area contributed by atoms with Crippen molar-refractivity contribution in [3.8, 4) is 0 Å². The summed E-state index contributed by atoms with van der Waals surface area (Å²) in [6.07, 6.45) is 8.29. The molecule has 108 valence electrons. The van der Waals surface area contributed by atoms with Crippen molar-refractivity contribution in [1.82, 2.24) is 5.32 Å². The average molecular weight is 281 g/mol. The van der Waals surface area contributed by atoms with Gasteiger partial charge in [-0.3, -0.25) is 0 Å². The molecule has 2 nitrogen and oxygen atoms in total. The first-order valence-electron chi connectivity index (χ1n) is 7.66. The molecular formula is C16H27NOS. The Labute approximate surface area is 121 Å². The molecule has 2 atom stereocenters. The van der Waals surface area contributed by atoms with Gasteiger partial charge in [0.15, 0.2) is 0 Å². The van der Waals surface area contributed by atoms with Crippen molar-refractivity contribution in [1.29, 1.82) is 0 Å². The molecule has 1 fully saturated rings. The topological polar surface area (TPSA) is 21.3 Å². The Morgan fingerprint density at radius 1 is 1.37 bits per heavy atom. The third-order valence-electron chi connectivity index (χ3n) is 4.18. The first-order valence-corrected chi connectivity index (χ1v) is 8.54. The Bertz CT molecular complexity index is 333. The summed E-state index contributed by atoms with van der Waals surface area (Å²) in [6, 6.07) is 4.76. The van der Waals surface area contributed by atoms with E-state index in [9.17, 15) is 0 Å². The second kappa shape index (κ2) is 8.03. The van der Waals surface area contributed by atoms with E-state index in [4.69, 9.17) is 4.74 Å². The lowest BCUT2D eigenvalue weighted by Gasteiger charge is -2.35. The van der Waals surface area contributed by atoms with Crippen LogP contribution in [-0.2, 0) is 4.74 Å². The van der Waals surface area contributed by atoms with Crippen LogP contribution < -0.4 is 5.32 Å². The fourth-order valence-corrected chi connectivity index (χ4v) is 4.05. The molecule has 2 rings (SSSR count). The molecule has 2 unspecified atom stereocenters. The van der Waals surface area contributed by atoms with Crippen LogP contribution in [0.15, 0.2) is 17.5 Å². The fraction of sp³-hybridized carbons (Fsp3) is 0.750. The Kier molecular flexibility index (Phi) is 6.35. The number of hydrogen-bond donors (Lipinski definition) is 1. The van der Waals surface area contributed by atoms with Crippen LogP contribution in [0.4, 0.5) is 0 Å². The van der Waals surface area contributed by atoms with Crippen LogP contribution in [0.2, 0.25) is 0 Å². The van der Waals surface area contributed by atoms with Crippen LogP contribution in [0.5, 0.6) is 0 Å². The smallest absolute Gasteiger partial charge is 0.0802 e. The number of methoxy groups -OCH3 is 1. The molecule has 19 heavy (non-hydrogen) atoms. The van der Waals surface area contributed by atoms with Crippen LogP contribution in [0.1, 0.15) is 56.4 Å². The van der Waals surface area contributed by atoms with Gasteiger partial charge in [-0.15, -0.1) is 11.3 Å². The second-order valence-corrected chi connectivity index (χ2v) is 6.52. The minimum absolute atomic E-state index is 0.325. The number of hydrogen-bond acceptors (Lipinski definition) is 3. The monoisotopic (exact) mass is 281 g/mol. The number of nitrogens with one attached hydrogen (secondary N) is 1. The molecule has 0 spiro atoms. The van der Waals surface area contributed by atoms with Gasteiger partial charge in [0, 0.05) is 12.0 Å². The van der Waals surface area contributed by atoms with Gasteiger partial charge in [0.25, 0.3) is 0 Å². The maximum absolute atomic E-state index is 5.92. The third-order valence-corrected chi connectivity index (χ3v) is 5.13. The van der Waals surface area contributed by atoms with Gasteiger partial charge >= 0.3 is 0 Å². The lowest BCUT2D eigenvalue weighted by Crippen LogP contribution is -2.39. The van der Waals surface area contributed by atoms with Crippen LogP contribution in [0.25, 0.3) is 0 Å². The standard InChI is InChI=1S/C16H27NOS/c1-3-11-17-15(14-10-7-12-19-14)16(18-2)13-8-5-4-6-9-13/h7,10,12-13,15-17H,3-6,8-9,11H2,1-2H3. The lowest BCUT2D eigenvalue weighted by atomic mass is 9.82. The van der Waals surface area contributed by atoms with Gasteiger partial charge in [0.05, 0.1) is 12.1 Å². The lowest BCUT2D eigenvalue weighted by molar-refractivity contribution is 0.00844. The molecule has 1 aliphatic rings. The Hall–Kier alpha value is -0.380. The van der Waals surface area contributed by atoms with E-state index in [2.05, 4.69) is 29.8 Å². The molecule has 1 heterocycles. The molecule has 0 bridgehead atoms. The largest absolute Gasteiger partial charge is 0.379 e. The SMILES string of the molecule is CCCNC(c1cccs1)C(OC)C1CCCCC1. The Morgan fingerprint density at radius 3 is 2.74 bits per heavy atom. The van der Waals surface area contributed by atoms with E-state index < -0.39 is 0 Å². The summed E-state index contributed by atoms with van der Waals surface area (Å²) in [4.78, 5) is 1.42. The van der Waals surface area contributed by atoms with Crippen molar-refractivity contribution in [3.63, 3.8) is 0 Å². The first-order chi connectivity index (χ1) is 9.36. The molecule has 1 aromatic heterocycles. The van der Waals surface area contributed by atoms with Crippen molar-refractivity contribution in [3.05, 3.63) is 22.4 Å². The summed E-state index contributed by atoms with van der Waals surface area (Å²) < 4.78 is 5.92. The van der Waals surface area contributed by atoms with Gasteiger partial charge in [-0.05, 0) is 43.2 Å². The van der Waals surface area contributed by atoms with Gasteiger partial charge in [-0.2, -0.15) is 0 Å². The van der Waals surface area contributed by atoms with E-state index >= 15 is 0 Å². The molecule has 1 aromatic rings. The molecule has 1 saturated carbocycles. The molecule has 0 saturated heterocycles. The van der Waals surface area contributed by atoms with Gasteiger partial charge < -0.3 is 10.1 Å². The van der Waals surface area contributed by atoms with E-state index in [1.54, 1.807) is 0 Å². The third kappa shape index (κ3) is 4.04. The zero-order valence-corrected chi connectivity index (χ0v) is 13.0. The highest BCUT2D eigenvalue weighted by Crippen LogP contribution is 2.35. The predicted molar refractivity (Wildman–Crippen MR) is 82.7 cm³/mol. The minimum Gasteiger partial charge on any atom is -0.379 e. The summed E-state index contributed by atoms with van der Waals surface area (Å²) >= 11 is 1.85. The maximum atomic E-state index is 5.92. The highest BCUT2D eigenvalue weighted by Gasteiger charge is 2.31. The van der Waals surface area contributed by atoms with E-state index in [-0.39, 0.29) is 0 Å². The first kappa shape index (κ1) is 15.0.